The van der Waals surface area contributed by atoms with Crippen LogP contribution in [0, 0.1) is 0 Å². The third-order valence-corrected chi connectivity index (χ3v) is 3.50. The molecule has 100 valence electrons. The molecule has 0 spiro atoms. The molecule has 1 aliphatic carbocycles. The molecule has 0 heterocycles. The molecule has 1 aromatic rings. The minimum atomic E-state index is 0.560. The zero-order valence-corrected chi connectivity index (χ0v) is 11.6. The monoisotopic (exact) mass is 247 g/mol. The van der Waals surface area contributed by atoms with E-state index in [9.17, 15) is 0 Å². The summed E-state index contributed by atoms with van der Waals surface area (Å²) in [6, 6.07) is 9.27. The fraction of sp³-hybridized carbons (Fsp3) is 0.625. The summed E-state index contributed by atoms with van der Waals surface area (Å²) in [5, 5.41) is 3.58. The van der Waals surface area contributed by atoms with Gasteiger partial charge in [0, 0.05) is 6.04 Å². The van der Waals surface area contributed by atoms with Crippen LogP contribution in [0.5, 0.6) is 5.75 Å². The third-order valence-electron chi connectivity index (χ3n) is 3.50. The summed E-state index contributed by atoms with van der Waals surface area (Å²) in [5.41, 5.74) is 1.35. The van der Waals surface area contributed by atoms with Crippen molar-refractivity contribution in [2.45, 2.75) is 51.5 Å². The lowest BCUT2D eigenvalue weighted by Gasteiger charge is -2.17. The van der Waals surface area contributed by atoms with Crippen molar-refractivity contribution in [3.05, 3.63) is 29.8 Å². The lowest BCUT2D eigenvalue weighted by atomic mass is 9.97. The molecule has 1 N–H and O–H groups in total. The number of nitrogens with one attached hydrogen (secondary N) is 1. The summed E-state index contributed by atoms with van der Waals surface area (Å²) in [6.45, 7) is 6.37. The van der Waals surface area contributed by atoms with Gasteiger partial charge in [0.2, 0.25) is 0 Å². The first-order valence-corrected chi connectivity index (χ1v) is 7.26. The van der Waals surface area contributed by atoms with Crippen molar-refractivity contribution in [1.82, 2.24) is 5.32 Å². The van der Waals surface area contributed by atoms with Crippen molar-refractivity contribution in [2.24, 2.45) is 0 Å². The Morgan fingerprint density at radius 2 is 2.11 bits per heavy atom. The summed E-state index contributed by atoms with van der Waals surface area (Å²) in [5.74, 6) is 1.63. The molecule has 2 heteroatoms. The number of ether oxygens (including phenoxy) is 1. The average molecular weight is 247 g/mol. The zero-order chi connectivity index (χ0) is 12.8. The standard InChI is InChI=1S/C16H25NO/c1-3-12-18-16-7-5-4-6-15(16)13(2)10-11-17-14-8-9-14/h4-7,13-14,17H,3,8-12H2,1-2H3. The fourth-order valence-corrected chi connectivity index (χ4v) is 2.18. The summed E-state index contributed by atoms with van der Waals surface area (Å²) in [4.78, 5) is 0. The second-order valence-electron chi connectivity index (χ2n) is 5.30. The van der Waals surface area contributed by atoms with Crippen LogP contribution >= 0.6 is 0 Å². The lowest BCUT2D eigenvalue weighted by molar-refractivity contribution is 0.312. The van der Waals surface area contributed by atoms with Crippen LogP contribution in [0.1, 0.15) is 51.0 Å². The maximum atomic E-state index is 5.83. The fourth-order valence-electron chi connectivity index (χ4n) is 2.18. The lowest BCUT2D eigenvalue weighted by Crippen LogP contribution is -2.19. The molecule has 2 rings (SSSR count). The van der Waals surface area contributed by atoms with Crippen LogP contribution in [0.3, 0.4) is 0 Å². The Kier molecular flexibility index (Phi) is 5.06. The van der Waals surface area contributed by atoms with Gasteiger partial charge in [0.15, 0.2) is 0 Å². The van der Waals surface area contributed by atoms with E-state index in [1.165, 1.54) is 24.8 Å². The van der Waals surface area contributed by atoms with Crippen LogP contribution in [0.4, 0.5) is 0 Å². The van der Waals surface area contributed by atoms with E-state index < -0.39 is 0 Å². The number of benzene rings is 1. The first kappa shape index (κ1) is 13.4. The van der Waals surface area contributed by atoms with Crippen molar-refractivity contribution in [1.29, 1.82) is 0 Å². The normalized spacial score (nSPS) is 16.6. The number of hydrogen-bond acceptors (Lipinski definition) is 2. The average Bonchev–Trinajstić information content (AvgIpc) is 3.20. The van der Waals surface area contributed by atoms with E-state index in [2.05, 4.69) is 43.4 Å². The number of rotatable bonds is 8. The van der Waals surface area contributed by atoms with Crippen LogP contribution in [-0.2, 0) is 0 Å². The van der Waals surface area contributed by atoms with E-state index in [0.29, 0.717) is 5.92 Å². The minimum absolute atomic E-state index is 0.560. The Bertz CT molecular complexity index is 360. The summed E-state index contributed by atoms with van der Waals surface area (Å²) in [7, 11) is 0. The Labute approximate surface area is 111 Å². The number of hydrogen-bond donors (Lipinski definition) is 1. The highest BCUT2D eigenvalue weighted by atomic mass is 16.5. The first-order valence-electron chi connectivity index (χ1n) is 7.26. The van der Waals surface area contributed by atoms with Crippen molar-refractivity contribution in [3.63, 3.8) is 0 Å². The molecule has 0 amide bonds. The SMILES string of the molecule is CCCOc1ccccc1C(C)CCNC1CC1. The van der Waals surface area contributed by atoms with Crippen molar-refractivity contribution >= 4 is 0 Å². The molecule has 0 bridgehead atoms. The van der Waals surface area contributed by atoms with Gasteiger partial charge in [-0.2, -0.15) is 0 Å². The molecule has 0 aromatic heterocycles. The highest BCUT2D eigenvalue weighted by molar-refractivity contribution is 5.35. The molecule has 2 nitrogen and oxygen atoms in total. The molecule has 18 heavy (non-hydrogen) atoms. The summed E-state index contributed by atoms with van der Waals surface area (Å²) < 4.78 is 5.83. The van der Waals surface area contributed by atoms with Crippen LogP contribution in [-0.4, -0.2) is 19.2 Å². The van der Waals surface area contributed by atoms with Crippen LogP contribution in [0.15, 0.2) is 24.3 Å². The van der Waals surface area contributed by atoms with Gasteiger partial charge < -0.3 is 10.1 Å². The highest BCUT2D eigenvalue weighted by Crippen LogP contribution is 2.29. The van der Waals surface area contributed by atoms with Gasteiger partial charge in [-0.25, -0.2) is 0 Å². The Balaban J connectivity index is 1.87. The van der Waals surface area contributed by atoms with Gasteiger partial charge in [0.25, 0.3) is 0 Å². The Morgan fingerprint density at radius 1 is 1.33 bits per heavy atom. The van der Waals surface area contributed by atoms with Gasteiger partial charge in [-0.3, -0.25) is 0 Å². The van der Waals surface area contributed by atoms with Gasteiger partial charge in [0.05, 0.1) is 6.61 Å². The molecule has 1 fully saturated rings. The minimum Gasteiger partial charge on any atom is -0.493 e. The van der Waals surface area contributed by atoms with E-state index in [1.54, 1.807) is 0 Å². The van der Waals surface area contributed by atoms with E-state index in [1.807, 2.05) is 0 Å². The van der Waals surface area contributed by atoms with Gasteiger partial charge >= 0.3 is 0 Å². The largest absolute Gasteiger partial charge is 0.493 e. The molecule has 1 aliphatic rings. The Morgan fingerprint density at radius 3 is 2.83 bits per heavy atom. The van der Waals surface area contributed by atoms with E-state index >= 15 is 0 Å². The van der Waals surface area contributed by atoms with Gasteiger partial charge in [-0.05, 0) is 49.8 Å². The molecule has 1 aromatic carbocycles. The van der Waals surface area contributed by atoms with Gasteiger partial charge in [0.1, 0.15) is 5.75 Å². The smallest absolute Gasteiger partial charge is 0.122 e. The number of para-hydroxylation sites is 1. The second-order valence-corrected chi connectivity index (χ2v) is 5.30. The molecular weight excluding hydrogens is 222 g/mol. The van der Waals surface area contributed by atoms with Crippen LogP contribution in [0.2, 0.25) is 0 Å². The summed E-state index contributed by atoms with van der Waals surface area (Å²) >= 11 is 0. The first-order chi connectivity index (χ1) is 8.81. The maximum absolute atomic E-state index is 5.83. The third kappa shape index (κ3) is 4.02. The van der Waals surface area contributed by atoms with Crippen LogP contribution in [0.25, 0.3) is 0 Å². The molecule has 1 atom stereocenters. The molecule has 1 unspecified atom stereocenters. The highest BCUT2D eigenvalue weighted by Gasteiger charge is 2.20. The van der Waals surface area contributed by atoms with Crippen LogP contribution < -0.4 is 10.1 Å². The summed E-state index contributed by atoms with van der Waals surface area (Å²) in [6.07, 6.45) is 4.98. The van der Waals surface area contributed by atoms with E-state index in [0.717, 1.165) is 31.4 Å². The topological polar surface area (TPSA) is 21.3 Å². The van der Waals surface area contributed by atoms with Gasteiger partial charge in [-0.15, -0.1) is 0 Å². The maximum Gasteiger partial charge on any atom is 0.122 e. The van der Waals surface area contributed by atoms with E-state index in [-0.39, 0.29) is 0 Å². The predicted octanol–water partition coefficient (Wildman–Crippen LogP) is 3.72. The molecule has 0 saturated heterocycles. The van der Waals surface area contributed by atoms with Crippen molar-refractivity contribution < 1.29 is 4.74 Å². The molecular formula is C16H25NO. The predicted molar refractivity (Wildman–Crippen MR) is 76.3 cm³/mol. The quantitative estimate of drug-likeness (QED) is 0.756. The van der Waals surface area contributed by atoms with Crippen molar-refractivity contribution in [2.75, 3.05) is 13.2 Å². The molecule has 1 saturated carbocycles. The van der Waals surface area contributed by atoms with E-state index in [4.69, 9.17) is 4.74 Å². The van der Waals surface area contributed by atoms with Gasteiger partial charge in [-0.1, -0.05) is 32.0 Å². The van der Waals surface area contributed by atoms with Crippen molar-refractivity contribution in [3.8, 4) is 5.75 Å². The Hall–Kier alpha value is -1.02. The second kappa shape index (κ2) is 6.79. The zero-order valence-electron chi connectivity index (χ0n) is 11.6. The molecule has 0 aliphatic heterocycles. The molecule has 0 radical (unpaired) electrons.